The van der Waals surface area contributed by atoms with Crippen molar-refractivity contribution in [2.45, 2.75) is 20.0 Å². The van der Waals surface area contributed by atoms with Gasteiger partial charge in [0.15, 0.2) is 11.5 Å². The van der Waals surface area contributed by atoms with E-state index in [0.29, 0.717) is 30.6 Å². The van der Waals surface area contributed by atoms with Crippen LogP contribution in [0.1, 0.15) is 29.9 Å². The van der Waals surface area contributed by atoms with Crippen molar-refractivity contribution in [2.75, 3.05) is 13.2 Å². The lowest BCUT2D eigenvalue weighted by atomic mass is 10.0. The summed E-state index contributed by atoms with van der Waals surface area (Å²) in [6, 6.07) is 7.33. The molecule has 4 nitrogen and oxygen atoms in total. The molecular weight excluding hydrogens is 256 g/mol. The fourth-order valence-corrected chi connectivity index (χ4v) is 2.25. The maximum absolute atomic E-state index is 10.4. The van der Waals surface area contributed by atoms with Gasteiger partial charge in [-0.1, -0.05) is 13.0 Å². The number of rotatable bonds is 2. The minimum Gasteiger partial charge on any atom is -0.489 e. The summed E-state index contributed by atoms with van der Waals surface area (Å²) in [5.41, 5.74) is 1.66. The van der Waals surface area contributed by atoms with E-state index >= 15 is 0 Å². The molecule has 0 amide bonds. The molecule has 2 heterocycles. The molecule has 0 aliphatic carbocycles. The first kappa shape index (κ1) is 13.1. The number of benzene rings is 1. The Labute approximate surface area is 117 Å². The third-order valence-corrected chi connectivity index (χ3v) is 3.48. The number of hydrogen-bond donors (Lipinski definition) is 1. The largest absolute Gasteiger partial charge is 0.489 e. The molecule has 0 bridgehead atoms. The lowest BCUT2D eigenvalue weighted by molar-refractivity contribution is 0.187. The van der Waals surface area contributed by atoms with E-state index in [4.69, 9.17) is 13.9 Å². The normalized spacial score (nSPS) is 19.4. The van der Waals surface area contributed by atoms with Crippen LogP contribution < -0.4 is 9.47 Å². The third-order valence-electron chi connectivity index (χ3n) is 3.48. The fraction of sp³-hybridized carbons (Fsp3) is 0.375. The van der Waals surface area contributed by atoms with Gasteiger partial charge >= 0.3 is 0 Å². The van der Waals surface area contributed by atoms with Crippen LogP contribution in [0.25, 0.3) is 0 Å². The second-order valence-corrected chi connectivity index (χ2v) is 5.30. The standard InChI is InChI=1S/C16H18O4/c1-10-8-19-13-4-3-12(7-14(13)20-9-10)15(17)16-11(2)5-6-18-16/h3-7,10,15,17H,8-9H2,1-2H3. The van der Waals surface area contributed by atoms with Crippen molar-refractivity contribution in [1.82, 2.24) is 0 Å². The molecule has 20 heavy (non-hydrogen) atoms. The van der Waals surface area contributed by atoms with Crippen molar-refractivity contribution in [3.05, 3.63) is 47.4 Å². The summed E-state index contributed by atoms with van der Waals surface area (Å²) in [6.07, 6.45) is 0.790. The Morgan fingerprint density at radius 3 is 2.60 bits per heavy atom. The highest BCUT2D eigenvalue weighted by molar-refractivity contribution is 5.45. The Bertz CT molecular complexity index is 602. The van der Waals surface area contributed by atoms with Crippen LogP contribution in [0.5, 0.6) is 11.5 Å². The van der Waals surface area contributed by atoms with Gasteiger partial charge in [-0.15, -0.1) is 0 Å². The number of fused-ring (bicyclic) bond motifs is 1. The molecule has 0 saturated heterocycles. The number of furan rings is 1. The summed E-state index contributed by atoms with van der Waals surface area (Å²) in [6.45, 7) is 5.25. The van der Waals surface area contributed by atoms with Crippen LogP contribution in [-0.2, 0) is 0 Å². The number of aliphatic hydroxyl groups excluding tert-OH is 1. The van der Waals surface area contributed by atoms with Crippen LogP contribution in [-0.4, -0.2) is 18.3 Å². The summed E-state index contributed by atoms with van der Waals surface area (Å²) in [4.78, 5) is 0. The molecule has 106 valence electrons. The first-order chi connectivity index (χ1) is 9.65. The zero-order valence-electron chi connectivity index (χ0n) is 11.6. The maximum atomic E-state index is 10.4. The average Bonchev–Trinajstić information content (AvgIpc) is 2.79. The van der Waals surface area contributed by atoms with E-state index in [1.807, 2.05) is 31.2 Å². The molecule has 1 N–H and O–H groups in total. The van der Waals surface area contributed by atoms with Crippen molar-refractivity contribution in [3.8, 4) is 11.5 Å². The summed E-state index contributed by atoms with van der Waals surface area (Å²) < 4.78 is 16.8. The lowest BCUT2D eigenvalue weighted by Crippen LogP contribution is -2.12. The molecule has 2 aromatic rings. The molecule has 1 aromatic heterocycles. The van der Waals surface area contributed by atoms with E-state index in [1.54, 1.807) is 6.26 Å². The van der Waals surface area contributed by atoms with Crippen LogP contribution in [0.2, 0.25) is 0 Å². The van der Waals surface area contributed by atoms with Gasteiger partial charge in [0, 0.05) is 5.92 Å². The minimum atomic E-state index is -0.792. The molecule has 3 rings (SSSR count). The predicted octanol–water partition coefficient (Wildman–Crippen LogP) is 3.08. The zero-order valence-corrected chi connectivity index (χ0v) is 11.6. The Morgan fingerprint density at radius 1 is 1.15 bits per heavy atom. The van der Waals surface area contributed by atoms with Gasteiger partial charge in [-0.25, -0.2) is 0 Å². The smallest absolute Gasteiger partial charge is 0.161 e. The van der Waals surface area contributed by atoms with E-state index in [0.717, 1.165) is 16.9 Å². The first-order valence-corrected chi connectivity index (χ1v) is 6.76. The van der Waals surface area contributed by atoms with E-state index < -0.39 is 6.10 Å². The molecule has 0 fully saturated rings. The Morgan fingerprint density at radius 2 is 1.90 bits per heavy atom. The predicted molar refractivity (Wildman–Crippen MR) is 74.1 cm³/mol. The molecule has 2 atom stereocenters. The number of aryl methyl sites for hydroxylation is 1. The van der Waals surface area contributed by atoms with E-state index in [9.17, 15) is 5.11 Å². The van der Waals surface area contributed by atoms with Gasteiger partial charge in [0.25, 0.3) is 0 Å². The molecule has 1 aliphatic rings. The maximum Gasteiger partial charge on any atom is 0.161 e. The van der Waals surface area contributed by atoms with Gasteiger partial charge in [0.1, 0.15) is 11.9 Å². The minimum absolute atomic E-state index is 0.350. The van der Waals surface area contributed by atoms with Crippen molar-refractivity contribution >= 4 is 0 Å². The summed E-state index contributed by atoms with van der Waals surface area (Å²) in [5.74, 6) is 2.31. The molecule has 0 radical (unpaired) electrons. The van der Waals surface area contributed by atoms with Crippen molar-refractivity contribution in [1.29, 1.82) is 0 Å². The Hall–Kier alpha value is -1.94. The number of aliphatic hydroxyl groups is 1. The molecule has 0 saturated carbocycles. The highest BCUT2D eigenvalue weighted by Gasteiger charge is 2.20. The quantitative estimate of drug-likeness (QED) is 0.914. The van der Waals surface area contributed by atoms with E-state index in [-0.39, 0.29) is 0 Å². The highest BCUT2D eigenvalue weighted by atomic mass is 16.5. The number of ether oxygens (including phenoxy) is 2. The Balaban J connectivity index is 1.91. The summed E-state index contributed by atoms with van der Waals surface area (Å²) in [7, 11) is 0. The van der Waals surface area contributed by atoms with Crippen molar-refractivity contribution < 1.29 is 19.0 Å². The van der Waals surface area contributed by atoms with Gasteiger partial charge in [-0.2, -0.15) is 0 Å². The summed E-state index contributed by atoms with van der Waals surface area (Å²) in [5, 5.41) is 10.4. The van der Waals surface area contributed by atoms with E-state index in [1.165, 1.54) is 0 Å². The van der Waals surface area contributed by atoms with Crippen LogP contribution in [0.3, 0.4) is 0 Å². The van der Waals surface area contributed by atoms with Crippen molar-refractivity contribution in [3.63, 3.8) is 0 Å². The topological polar surface area (TPSA) is 51.8 Å². The summed E-state index contributed by atoms with van der Waals surface area (Å²) >= 11 is 0. The average molecular weight is 274 g/mol. The molecule has 2 unspecified atom stereocenters. The SMILES string of the molecule is Cc1ccoc1C(O)c1ccc2c(c1)OCC(C)CO2. The fourth-order valence-electron chi connectivity index (χ4n) is 2.25. The van der Waals surface area contributed by atoms with Gasteiger partial charge in [-0.05, 0) is 36.2 Å². The van der Waals surface area contributed by atoms with Crippen molar-refractivity contribution in [2.24, 2.45) is 5.92 Å². The van der Waals surface area contributed by atoms with E-state index in [2.05, 4.69) is 6.92 Å². The number of hydrogen-bond acceptors (Lipinski definition) is 4. The third kappa shape index (κ3) is 2.39. The van der Waals surface area contributed by atoms with Crippen LogP contribution in [0.15, 0.2) is 34.9 Å². The molecule has 1 aliphatic heterocycles. The molecule has 0 spiro atoms. The monoisotopic (exact) mass is 274 g/mol. The zero-order chi connectivity index (χ0) is 14.1. The molecular formula is C16H18O4. The van der Waals surface area contributed by atoms with Crippen LogP contribution in [0, 0.1) is 12.8 Å². The van der Waals surface area contributed by atoms with Crippen LogP contribution in [0.4, 0.5) is 0 Å². The Kier molecular flexibility index (Phi) is 3.40. The lowest BCUT2D eigenvalue weighted by Gasteiger charge is -2.13. The molecule has 1 aromatic carbocycles. The highest BCUT2D eigenvalue weighted by Crippen LogP contribution is 2.35. The molecule has 4 heteroatoms. The van der Waals surface area contributed by atoms with Gasteiger partial charge in [-0.3, -0.25) is 0 Å². The van der Waals surface area contributed by atoms with Crippen LogP contribution >= 0.6 is 0 Å². The second-order valence-electron chi connectivity index (χ2n) is 5.30. The second kappa shape index (κ2) is 5.21. The first-order valence-electron chi connectivity index (χ1n) is 6.76. The van der Waals surface area contributed by atoms with Gasteiger partial charge in [0.05, 0.1) is 19.5 Å². The van der Waals surface area contributed by atoms with Gasteiger partial charge in [0.2, 0.25) is 0 Å². The van der Waals surface area contributed by atoms with Gasteiger partial charge < -0.3 is 19.0 Å².